The van der Waals surface area contributed by atoms with E-state index in [2.05, 4.69) is 12.6 Å². The highest BCUT2D eigenvalue weighted by molar-refractivity contribution is 7.80. The number of benzene rings is 1. The molecule has 1 aromatic rings. The van der Waals surface area contributed by atoms with Crippen LogP contribution < -0.4 is 0 Å². The molecule has 0 saturated heterocycles. The first-order valence-electron chi connectivity index (χ1n) is 3.08. The smallest absolute Gasteiger partial charge is 0.0669 e. The van der Waals surface area contributed by atoms with Crippen molar-refractivity contribution in [1.29, 1.82) is 5.26 Å². The first-order chi connectivity index (χ1) is 5.24. The van der Waals surface area contributed by atoms with Crippen LogP contribution in [0, 0.1) is 11.3 Å². The Bertz CT molecular complexity index is 303. The van der Waals surface area contributed by atoms with Gasteiger partial charge in [0.1, 0.15) is 0 Å². The van der Waals surface area contributed by atoms with Gasteiger partial charge in [-0.3, -0.25) is 0 Å². The van der Waals surface area contributed by atoms with Gasteiger partial charge in [-0.15, -0.1) is 12.6 Å². The third-order valence-corrected chi connectivity index (χ3v) is 2.13. The van der Waals surface area contributed by atoms with Crippen molar-refractivity contribution in [3.63, 3.8) is 0 Å². The van der Waals surface area contributed by atoms with Crippen molar-refractivity contribution in [2.24, 2.45) is 0 Å². The maximum atomic E-state index is 8.37. The van der Waals surface area contributed by atoms with Crippen LogP contribution in [-0.2, 0) is 6.42 Å². The van der Waals surface area contributed by atoms with E-state index in [0.717, 1.165) is 10.5 Å². The minimum Gasteiger partial charge on any atom is -0.198 e. The SMILES string of the molecule is N#CCc1ccc(S)c(Cl)c1. The lowest BCUT2D eigenvalue weighted by atomic mass is 10.2. The average Bonchev–Trinajstić information content (AvgIpc) is 1.98. The van der Waals surface area contributed by atoms with E-state index in [-0.39, 0.29) is 0 Å². The lowest BCUT2D eigenvalue weighted by Gasteiger charge is -1.97. The molecule has 0 fully saturated rings. The Morgan fingerprint density at radius 3 is 2.82 bits per heavy atom. The molecule has 0 atom stereocenters. The maximum Gasteiger partial charge on any atom is 0.0669 e. The number of halogens is 1. The molecule has 0 unspecified atom stereocenters. The van der Waals surface area contributed by atoms with Gasteiger partial charge in [0.2, 0.25) is 0 Å². The summed E-state index contributed by atoms with van der Waals surface area (Å²) in [5.41, 5.74) is 0.926. The molecule has 11 heavy (non-hydrogen) atoms. The van der Waals surface area contributed by atoms with Gasteiger partial charge in [0.15, 0.2) is 0 Å². The van der Waals surface area contributed by atoms with Crippen molar-refractivity contribution in [1.82, 2.24) is 0 Å². The van der Waals surface area contributed by atoms with Crippen molar-refractivity contribution in [2.45, 2.75) is 11.3 Å². The van der Waals surface area contributed by atoms with E-state index in [1.807, 2.05) is 12.1 Å². The summed E-state index contributed by atoms with van der Waals surface area (Å²) in [6.07, 6.45) is 0.397. The lowest BCUT2D eigenvalue weighted by molar-refractivity contribution is 1.24. The Hall–Kier alpha value is -0.650. The van der Waals surface area contributed by atoms with Gasteiger partial charge in [0, 0.05) is 4.90 Å². The van der Waals surface area contributed by atoms with Crippen LogP contribution in [0.5, 0.6) is 0 Å². The minimum absolute atomic E-state index is 0.397. The number of rotatable bonds is 1. The van der Waals surface area contributed by atoms with Crippen LogP contribution in [0.4, 0.5) is 0 Å². The highest BCUT2D eigenvalue weighted by atomic mass is 35.5. The van der Waals surface area contributed by atoms with Crippen molar-refractivity contribution in [3.8, 4) is 6.07 Å². The van der Waals surface area contributed by atoms with Gasteiger partial charge in [-0.1, -0.05) is 17.7 Å². The zero-order valence-corrected chi connectivity index (χ0v) is 7.36. The summed E-state index contributed by atoms with van der Waals surface area (Å²) < 4.78 is 0. The van der Waals surface area contributed by atoms with Gasteiger partial charge >= 0.3 is 0 Å². The fraction of sp³-hybridized carbons (Fsp3) is 0.125. The van der Waals surface area contributed by atoms with Gasteiger partial charge in [-0.25, -0.2) is 0 Å². The molecule has 0 aliphatic heterocycles. The summed E-state index contributed by atoms with van der Waals surface area (Å²) in [4.78, 5) is 0.744. The van der Waals surface area contributed by atoms with Crippen LogP contribution in [0.1, 0.15) is 5.56 Å². The Kier molecular flexibility index (Phi) is 2.81. The number of thiol groups is 1. The molecule has 0 saturated carbocycles. The quantitative estimate of drug-likeness (QED) is 0.665. The fourth-order valence-corrected chi connectivity index (χ4v) is 1.09. The van der Waals surface area contributed by atoms with Crippen molar-refractivity contribution in [2.75, 3.05) is 0 Å². The predicted octanol–water partition coefficient (Wildman–Crippen LogP) is 2.69. The Labute approximate surface area is 76.0 Å². The summed E-state index contributed by atoms with van der Waals surface area (Å²) >= 11 is 9.86. The number of hydrogen-bond acceptors (Lipinski definition) is 2. The van der Waals surface area contributed by atoms with E-state index >= 15 is 0 Å². The third kappa shape index (κ3) is 2.14. The van der Waals surface area contributed by atoms with Crippen LogP contribution in [0.15, 0.2) is 23.1 Å². The summed E-state index contributed by atoms with van der Waals surface area (Å²) in [6.45, 7) is 0. The summed E-state index contributed by atoms with van der Waals surface area (Å²) in [5, 5.41) is 8.97. The van der Waals surface area contributed by atoms with Crippen LogP contribution >= 0.6 is 24.2 Å². The molecule has 0 aliphatic rings. The molecule has 1 rings (SSSR count). The standard InChI is InChI=1S/C8H6ClNS/c9-7-5-6(3-4-10)1-2-8(7)11/h1-2,5,11H,3H2. The topological polar surface area (TPSA) is 23.8 Å². The molecule has 0 N–H and O–H groups in total. The van der Waals surface area contributed by atoms with E-state index in [1.54, 1.807) is 12.1 Å². The van der Waals surface area contributed by atoms with Crippen LogP contribution in [-0.4, -0.2) is 0 Å². The molecule has 0 amide bonds. The zero-order valence-electron chi connectivity index (χ0n) is 5.71. The molecule has 1 aromatic carbocycles. The molecule has 0 spiro atoms. The van der Waals surface area contributed by atoms with Gasteiger partial charge in [-0.2, -0.15) is 5.26 Å². The second-order valence-corrected chi connectivity index (χ2v) is 3.01. The Morgan fingerprint density at radius 2 is 2.27 bits per heavy atom. The van der Waals surface area contributed by atoms with Crippen molar-refractivity contribution >= 4 is 24.2 Å². The van der Waals surface area contributed by atoms with E-state index in [4.69, 9.17) is 16.9 Å². The largest absolute Gasteiger partial charge is 0.198 e. The van der Waals surface area contributed by atoms with Crippen LogP contribution in [0.25, 0.3) is 0 Å². The molecule has 0 heterocycles. The van der Waals surface area contributed by atoms with Gasteiger partial charge in [-0.05, 0) is 17.7 Å². The van der Waals surface area contributed by atoms with E-state index in [9.17, 15) is 0 Å². The van der Waals surface area contributed by atoms with Gasteiger partial charge in [0.25, 0.3) is 0 Å². The zero-order chi connectivity index (χ0) is 8.27. The van der Waals surface area contributed by atoms with Crippen molar-refractivity contribution < 1.29 is 0 Å². The fourth-order valence-electron chi connectivity index (χ4n) is 0.752. The summed E-state index contributed by atoms with van der Waals surface area (Å²) in [6, 6.07) is 7.44. The molecule has 0 radical (unpaired) electrons. The van der Waals surface area contributed by atoms with Crippen molar-refractivity contribution in [3.05, 3.63) is 28.8 Å². The van der Waals surface area contributed by atoms with E-state index < -0.39 is 0 Å². The van der Waals surface area contributed by atoms with Crippen LogP contribution in [0.3, 0.4) is 0 Å². The van der Waals surface area contributed by atoms with Gasteiger partial charge in [0.05, 0.1) is 17.5 Å². The number of nitriles is 1. The normalized spacial score (nSPS) is 9.18. The first kappa shape index (κ1) is 8.45. The highest BCUT2D eigenvalue weighted by Crippen LogP contribution is 2.20. The molecule has 0 bridgehead atoms. The highest BCUT2D eigenvalue weighted by Gasteiger charge is 1.96. The molecule has 3 heteroatoms. The molecular weight excluding hydrogens is 178 g/mol. The minimum atomic E-state index is 0.397. The second-order valence-electron chi connectivity index (χ2n) is 2.12. The summed E-state index contributed by atoms with van der Waals surface area (Å²) in [5.74, 6) is 0. The monoisotopic (exact) mass is 183 g/mol. The van der Waals surface area contributed by atoms with E-state index in [0.29, 0.717) is 11.4 Å². The number of nitrogens with zero attached hydrogens (tertiary/aromatic N) is 1. The second kappa shape index (κ2) is 3.66. The Balaban J connectivity index is 2.98. The number of hydrogen-bond donors (Lipinski definition) is 1. The Morgan fingerprint density at radius 1 is 1.55 bits per heavy atom. The lowest BCUT2D eigenvalue weighted by Crippen LogP contribution is -1.80. The van der Waals surface area contributed by atoms with Crippen LogP contribution in [0.2, 0.25) is 5.02 Å². The first-order valence-corrected chi connectivity index (χ1v) is 3.91. The third-order valence-electron chi connectivity index (χ3n) is 1.30. The van der Waals surface area contributed by atoms with E-state index in [1.165, 1.54) is 0 Å². The van der Waals surface area contributed by atoms with Gasteiger partial charge < -0.3 is 0 Å². The molecule has 0 aliphatic carbocycles. The molecular formula is C8H6ClNS. The maximum absolute atomic E-state index is 8.37. The average molecular weight is 184 g/mol. The molecule has 56 valence electrons. The molecule has 1 nitrogen and oxygen atoms in total. The predicted molar refractivity (Wildman–Crippen MR) is 48.0 cm³/mol. The molecule has 0 aromatic heterocycles. The summed E-state index contributed by atoms with van der Waals surface area (Å²) in [7, 11) is 0.